The van der Waals surface area contributed by atoms with E-state index in [1.807, 2.05) is 24.3 Å². The Balaban J connectivity index is 2.68. The molecule has 1 atom stereocenters. The molecule has 1 aromatic rings. The molecule has 2 nitrogen and oxygen atoms in total. The van der Waals surface area contributed by atoms with Crippen molar-refractivity contribution in [1.82, 2.24) is 4.90 Å². The van der Waals surface area contributed by atoms with Gasteiger partial charge in [-0.1, -0.05) is 43.3 Å². The minimum Gasteiger partial charge on any atom is -0.284 e. The first-order chi connectivity index (χ1) is 7.81. The summed E-state index contributed by atoms with van der Waals surface area (Å²) < 4.78 is 0. The molecule has 84 valence electrons. The maximum Gasteiger partial charge on any atom is 0.101 e. The summed E-state index contributed by atoms with van der Waals surface area (Å²) in [6.45, 7) is 7.47. The smallest absolute Gasteiger partial charge is 0.101 e. The molecule has 0 saturated heterocycles. The summed E-state index contributed by atoms with van der Waals surface area (Å²) in [4.78, 5) is 2.16. The molecular formula is C14H18N2. The SMILES string of the molecule is C=CCC(C#N)N(CC)Cc1ccccc1. The highest BCUT2D eigenvalue weighted by atomic mass is 15.1. The number of rotatable bonds is 6. The summed E-state index contributed by atoms with van der Waals surface area (Å²) in [6.07, 6.45) is 2.53. The summed E-state index contributed by atoms with van der Waals surface area (Å²) in [6, 6.07) is 12.5. The highest BCUT2D eigenvalue weighted by Crippen LogP contribution is 2.10. The Morgan fingerprint density at radius 3 is 2.62 bits per heavy atom. The highest BCUT2D eigenvalue weighted by molar-refractivity contribution is 5.15. The molecule has 0 radical (unpaired) electrons. The molecule has 0 aliphatic rings. The van der Waals surface area contributed by atoms with Crippen LogP contribution >= 0.6 is 0 Å². The Kier molecular flexibility index (Phi) is 5.31. The minimum absolute atomic E-state index is 0.0669. The molecular weight excluding hydrogens is 196 g/mol. The maximum atomic E-state index is 9.10. The third-order valence-corrected chi connectivity index (χ3v) is 2.61. The maximum absolute atomic E-state index is 9.10. The van der Waals surface area contributed by atoms with E-state index in [0.717, 1.165) is 19.5 Å². The first-order valence-electron chi connectivity index (χ1n) is 5.60. The number of nitrogens with zero attached hydrogens (tertiary/aromatic N) is 2. The zero-order chi connectivity index (χ0) is 11.8. The molecule has 0 N–H and O–H groups in total. The summed E-state index contributed by atoms with van der Waals surface area (Å²) in [5.41, 5.74) is 1.24. The third kappa shape index (κ3) is 3.52. The molecule has 0 spiro atoms. The molecule has 0 amide bonds. The fourth-order valence-corrected chi connectivity index (χ4v) is 1.70. The van der Waals surface area contributed by atoms with Crippen LogP contribution in [0.15, 0.2) is 43.0 Å². The van der Waals surface area contributed by atoms with E-state index in [1.54, 1.807) is 0 Å². The van der Waals surface area contributed by atoms with Crippen LogP contribution in [0.4, 0.5) is 0 Å². The van der Waals surface area contributed by atoms with E-state index in [1.165, 1.54) is 5.56 Å². The van der Waals surface area contributed by atoms with Crippen LogP contribution in [0, 0.1) is 11.3 Å². The van der Waals surface area contributed by atoms with Gasteiger partial charge in [0.05, 0.1) is 6.07 Å². The number of hydrogen-bond donors (Lipinski definition) is 0. The van der Waals surface area contributed by atoms with Crippen LogP contribution in [0.1, 0.15) is 18.9 Å². The van der Waals surface area contributed by atoms with E-state index >= 15 is 0 Å². The Labute approximate surface area is 97.8 Å². The topological polar surface area (TPSA) is 27.0 Å². The number of benzene rings is 1. The number of hydrogen-bond acceptors (Lipinski definition) is 2. The Morgan fingerprint density at radius 2 is 2.12 bits per heavy atom. The van der Waals surface area contributed by atoms with Gasteiger partial charge in [0.15, 0.2) is 0 Å². The van der Waals surface area contributed by atoms with Crippen molar-refractivity contribution in [1.29, 1.82) is 5.26 Å². The highest BCUT2D eigenvalue weighted by Gasteiger charge is 2.14. The van der Waals surface area contributed by atoms with Crippen molar-refractivity contribution >= 4 is 0 Å². The van der Waals surface area contributed by atoms with Crippen molar-refractivity contribution in [2.45, 2.75) is 25.9 Å². The van der Waals surface area contributed by atoms with Crippen molar-refractivity contribution in [3.05, 3.63) is 48.6 Å². The molecule has 1 aromatic carbocycles. The summed E-state index contributed by atoms with van der Waals surface area (Å²) in [5, 5.41) is 9.10. The second kappa shape index (κ2) is 6.81. The molecule has 0 heterocycles. The fraction of sp³-hybridized carbons (Fsp3) is 0.357. The van der Waals surface area contributed by atoms with Gasteiger partial charge in [-0.05, 0) is 18.5 Å². The van der Waals surface area contributed by atoms with Gasteiger partial charge >= 0.3 is 0 Å². The molecule has 0 saturated carbocycles. The molecule has 1 unspecified atom stereocenters. The average molecular weight is 214 g/mol. The van der Waals surface area contributed by atoms with Crippen LogP contribution in [0.5, 0.6) is 0 Å². The summed E-state index contributed by atoms with van der Waals surface area (Å²) in [7, 11) is 0. The van der Waals surface area contributed by atoms with Gasteiger partial charge in [0, 0.05) is 6.54 Å². The van der Waals surface area contributed by atoms with E-state index in [-0.39, 0.29) is 6.04 Å². The van der Waals surface area contributed by atoms with Crippen LogP contribution in [0.2, 0.25) is 0 Å². The van der Waals surface area contributed by atoms with Crippen LogP contribution in [0.3, 0.4) is 0 Å². The van der Waals surface area contributed by atoms with Crippen molar-refractivity contribution in [3.63, 3.8) is 0 Å². The normalized spacial score (nSPS) is 12.1. The zero-order valence-electron chi connectivity index (χ0n) is 9.76. The lowest BCUT2D eigenvalue weighted by atomic mass is 10.1. The fourth-order valence-electron chi connectivity index (χ4n) is 1.70. The van der Waals surface area contributed by atoms with Gasteiger partial charge in [-0.15, -0.1) is 6.58 Å². The van der Waals surface area contributed by atoms with E-state index in [4.69, 9.17) is 5.26 Å². The Hall–Kier alpha value is -1.59. The molecule has 0 aliphatic carbocycles. The van der Waals surface area contributed by atoms with E-state index in [0.29, 0.717) is 0 Å². The second-order valence-corrected chi connectivity index (χ2v) is 3.72. The van der Waals surface area contributed by atoms with E-state index < -0.39 is 0 Å². The van der Waals surface area contributed by atoms with Gasteiger partial charge in [0.1, 0.15) is 6.04 Å². The third-order valence-electron chi connectivity index (χ3n) is 2.61. The van der Waals surface area contributed by atoms with E-state index in [9.17, 15) is 0 Å². The zero-order valence-corrected chi connectivity index (χ0v) is 9.76. The van der Waals surface area contributed by atoms with Crippen molar-refractivity contribution in [2.75, 3.05) is 6.54 Å². The van der Waals surface area contributed by atoms with Crippen molar-refractivity contribution < 1.29 is 0 Å². The average Bonchev–Trinajstić information content (AvgIpc) is 2.35. The molecule has 0 aromatic heterocycles. The van der Waals surface area contributed by atoms with Gasteiger partial charge in [0.25, 0.3) is 0 Å². The first-order valence-corrected chi connectivity index (χ1v) is 5.60. The summed E-state index contributed by atoms with van der Waals surface area (Å²) in [5.74, 6) is 0. The lowest BCUT2D eigenvalue weighted by Gasteiger charge is -2.24. The molecule has 1 rings (SSSR count). The quantitative estimate of drug-likeness (QED) is 0.681. The van der Waals surface area contributed by atoms with Crippen LogP contribution in [0.25, 0.3) is 0 Å². The van der Waals surface area contributed by atoms with Crippen LogP contribution in [-0.2, 0) is 6.54 Å². The van der Waals surface area contributed by atoms with Crippen molar-refractivity contribution in [2.24, 2.45) is 0 Å². The molecule has 16 heavy (non-hydrogen) atoms. The predicted molar refractivity (Wildman–Crippen MR) is 66.7 cm³/mol. The minimum atomic E-state index is -0.0669. The predicted octanol–water partition coefficient (Wildman–Crippen LogP) is 2.98. The largest absolute Gasteiger partial charge is 0.284 e. The monoisotopic (exact) mass is 214 g/mol. The Morgan fingerprint density at radius 1 is 1.44 bits per heavy atom. The number of nitriles is 1. The standard InChI is InChI=1S/C14H18N2/c1-3-8-14(11-15)16(4-2)12-13-9-6-5-7-10-13/h3,5-7,9-10,14H,1,4,8,12H2,2H3. The molecule has 0 bridgehead atoms. The van der Waals surface area contributed by atoms with Crippen molar-refractivity contribution in [3.8, 4) is 6.07 Å². The van der Waals surface area contributed by atoms with Crippen LogP contribution in [-0.4, -0.2) is 17.5 Å². The second-order valence-electron chi connectivity index (χ2n) is 3.72. The van der Waals surface area contributed by atoms with Gasteiger partial charge in [-0.3, -0.25) is 4.90 Å². The van der Waals surface area contributed by atoms with Gasteiger partial charge in [0.2, 0.25) is 0 Å². The lowest BCUT2D eigenvalue weighted by molar-refractivity contribution is 0.238. The molecule has 0 aliphatic heterocycles. The summed E-state index contributed by atoms with van der Waals surface area (Å²) >= 11 is 0. The van der Waals surface area contributed by atoms with Crippen LogP contribution < -0.4 is 0 Å². The first kappa shape index (κ1) is 12.5. The molecule has 2 heteroatoms. The molecule has 0 fully saturated rings. The Bertz CT molecular complexity index is 351. The van der Waals surface area contributed by atoms with Gasteiger partial charge in [-0.2, -0.15) is 5.26 Å². The van der Waals surface area contributed by atoms with Gasteiger partial charge < -0.3 is 0 Å². The lowest BCUT2D eigenvalue weighted by Crippen LogP contribution is -2.33. The van der Waals surface area contributed by atoms with E-state index in [2.05, 4.69) is 36.6 Å². The van der Waals surface area contributed by atoms with Gasteiger partial charge in [-0.25, -0.2) is 0 Å².